The second-order valence-electron chi connectivity index (χ2n) is 4.90. The highest BCUT2D eigenvalue weighted by Gasteiger charge is 2.28. The van der Waals surface area contributed by atoms with Gasteiger partial charge in [0, 0.05) is 6.04 Å². The quantitative estimate of drug-likeness (QED) is 0.768. The number of amides is 2. The zero-order valence-electron chi connectivity index (χ0n) is 11.7. The van der Waals surface area contributed by atoms with Crippen molar-refractivity contribution < 1.29 is 24.2 Å². The van der Waals surface area contributed by atoms with Crippen LogP contribution in [0.3, 0.4) is 0 Å². The average molecular weight is 292 g/mol. The third kappa shape index (κ3) is 3.31. The van der Waals surface area contributed by atoms with Crippen LogP contribution in [0.5, 0.6) is 5.75 Å². The van der Waals surface area contributed by atoms with Crippen molar-refractivity contribution in [2.24, 2.45) is 0 Å². The van der Waals surface area contributed by atoms with Gasteiger partial charge in [-0.3, -0.25) is 14.4 Å². The molecule has 0 spiro atoms. The molecule has 0 aliphatic carbocycles. The van der Waals surface area contributed by atoms with Crippen molar-refractivity contribution in [3.63, 3.8) is 0 Å². The summed E-state index contributed by atoms with van der Waals surface area (Å²) in [6.45, 7) is 3.19. The summed E-state index contributed by atoms with van der Waals surface area (Å²) in [5.41, 5.74) is 0.688. The van der Waals surface area contributed by atoms with Crippen molar-refractivity contribution in [3.05, 3.63) is 23.8 Å². The number of hydrogen-bond donors (Lipinski definition) is 3. The van der Waals surface area contributed by atoms with Crippen LogP contribution < -0.4 is 15.4 Å². The number of rotatable bonds is 4. The molecule has 1 aliphatic heterocycles. The van der Waals surface area contributed by atoms with E-state index in [1.54, 1.807) is 32.0 Å². The molecule has 0 saturated heterocycles. The number of carboxylic acid groups (broad SMARTS) is 1. The number of hydrogen-bond acceptors (Lipinski definition) is 4. The van der Waals surface area contributed by atoms with Gasteiger partial charge in [-0.05, 0) is 26.0 Å². The van der Waals surface area contributed by atoms with Crippen LogP contribution in [-0.2, 0) is 9.59 Å². The minimum absolute atomic E-state index is 0.172. The molecule has 112 valence electrons. The first-order valence-electron chi connectivity index (χ1n) is 6.51. The van der Waals surface area contributed by atoms with E-state index in [4.69, 9.17) is 9.84 Å². The van der Waals surface area contributed by atoms with Gasteiger partial charge in [0.1, 0.15) is 0 Å². The standard InChI is InChI=1S/C14H16N2O5/c1-7(6-11(17)18)15-14(20)9-4-3-5-10-12(9)21-8(2)13(19)16-10/h3-5,7-8H,6H2,1-2H3,(H,15,20)(H,16,19)(H,17,18). The molecule has 0 saturated carbocycles. The Labute approximate surface area is 121 Å². The Morgan fingerprint density at radius 1 is 1.48 bits per heavy atom. The maximum atomic E-state index is 12.2. The minimum atomic E-state index is -0.991. The molecule has 1 heterocycles. The number of fused-ring (bicyclic) bond motifs is 1. The van der Waals surface area contributed by atoms with Crippen LogP contribution in [-0.4, -0.2) is 35.0 Å². The minimum Gasteiger partial charge on any atom is -0.481 e. The number of carboxylic acids is 1. The molecular formula is C14H16N2O5. The molecule has 2 atom stereocenters. The fraction of sp³-hybridized carbons (Fsp3) is 0.357. The first-order chi connectivity index (χ1) is 9.88. The smallest absolute Gasteiger partial charge is 0.305 e. The molecule has 0 fully saturated rings. The van der Waals surface area contributed by atoms with Crippen molar-refractivity contribution in [1.29, 1.82) is 0 Å². The van der Waals surface area contributed by atoms with Crippen molar-refractivity contribution in [3.8, 4) is 5.75 Å². The van der Waals surface area contributed by atoms with E-state index in [9.17, 15) is 14.4 Å². The van der Waals surface area contributed by atoms with E-state index in [2.05, 4.69) is 10.6 Å². The molecule has 1 aromatic carbocycles. The van der Waals surface area contributed by atoms with E-state index in [1.807, 2.05) is 0 Å². The molecule has 7 heteroatoms. The van der Waals surface area contributed by atoms with Crippen LogP contribution in [0.1, 0.15) is 30.6 Å². The highest BCUT2D eigenvalue weighted by Crippen LogP contribution is 2.33. The number of benzene rings is 1. The Kier molecular flexibility index (Phi) is 4.11. The van der Waals surface area contributed by atoms with Gasteiger partial charge in [-0.25, -0.2) is 0 Å². The second kappa shape index (κ2) is 5.82. The number of carbonyl (C=O) groups excluding carboxylic acids is 2. The van der Waals surface area contributed by atoms with Gasteiger partial charge in [-0.2, -0.15) is 0 Å². The van der Waals surface area contributed by atoms with Crippen molar-refractivity contribution in [1.82, 2.24) is 5.32 Å². The first-order valence-corrected chi connectivity index (χ1v) is 6.51. The van der Waals surface area contributed by atoms with Gasteiger partial charge in [0.2, 0.25) is 0 Å². The van der Waals surface area contributed by atoms with Crippen LogP contribution in [0.4, 0.5) is 5.69 Å². The van der Waals surface area contributed by atoms with Crippen LogP contribution >= 0.6 is 0 Å². The number of carbonyl (C=O) groups is 3. The molecule has 0 radical (unpaired) electrons. The maximum absolute atomic E-state index is 12.2. The lowest BCUT2D eigenvalue weighted by Gasteiger charge is -2.25. The van der Waals surface area contributed by atoms with Gasteiger partial charge in [0.05, 0.1) is 17.7 Å². The zero-order valence-corrected chi connectivity index (χ0v) is 11.7. The summed E-state index contributed by atoms with van der Waals surface area (Å²) in [5.74, 6) is -1.41. The molecule has 2 unspecified atom stereocenters. The lowest BCUT2D eigenvalue weighted by molar-refractivity contribution is -0.137. The van der Waals surface area contributed by atoms with Crippen LogP contribution in [0.2, 0.25) is 0 Å². The Bertz CT molecular complexity index is 599. The Hall–Kier alpha value is -2.57. The SMILES string of the molecule is CC(CC(=O)O)NC(=O)c1cccc2c1OC(C)C(=O)N2. The summed E-state index contributed by atoms with van der Waals surface area (Å²) in [6, 6.07) is 4.30. The van der Waals surface area contributed by atoms with E-state index < -0.39 is 24.0 Å². The van der Waals surface area contributed by atoms with E-state index in [1.165, 1.54) is 0 Å². The second-order valence-corrected chi connectivity index (χ2v) is 4.90. The molecule has 1 aromatic rings. The van der Waals surface area contributed by atoms with Crippen LogP contribution in [0.15, 0.2) is 18.2 Å². The van der Waals surface area contributed by atoms with Crippen LogP contribution in [0, 0.1) is 0 Å². The van der Waals surface area contributed by atoms with Crippen molar-refractivity contribution >= 4 is 23.5 Å². The lowest BCUT2D eigenvalue weighted by Crippen LogP contribution is -2.37. The third-order valence-corrected chi connectivity index (χ3v) is 3.04. The average Bonchev–Trinajstić information content (AvgIpc) is 2.38. The summed E-state index contributed by atoms with van der Waals surface area (Å²) >= 11 is 0. The predicted octanol–water partition coefficient (Wildman–Crippen LogP) is 0.999. The Morgan fingerprint density at radius 3 is 2.86 bits per heavy atom. The van der Waals surface area contributed by atoms with E-state index in [0.717, 1.165) is 0 Å². The fourth-order valence-corrected chi connectivity index (χ4v) is 2.02. The molecule has 2 rings (SSSR count). The van der Waals surface area contributed by atoms with Gasteiger partial charge in [0.25, 0.3) is 11.8 Å². The normalized spacial score (nSPS) is 18.0. The van der Waals surface area contributed by atoms with Gasteiger partial charge in [-0.1, -0.05) is 6.07 Å². The molecule has 0 aromatic heterocycles. The fourth-order valence-electron chi connectivity index (χ4n) is 2.02. The Morgan fingerprint density at radius 2 is 2.19 bits per heavy atom. The number of ether oxygens (including phenoxy) is 1. The highest BCUT2D eigenvalue weighted by molar-refractivity contribution is 6.04. The molecule has 2 amide bonds. The number of nitrogens with one attached hydrogen (secondary N) is 2. The van der Waals surface area contributed by atoms with Gasteiger partial charge >= 0.3 is 5.97 Å². The predicted molar refractivity (Wildman–Crippen MR) is 74.3 cm³/mol. The number of aliphatic carboxylic acids is 1. The molecule has 1 aliphatic rings. The summed E-state index contributed by atoms with van der Waals surface area (Å²) in [6.07, 6.45) is -0.864. The van der Waals surface area contributed by atoms with Crippen molar-refractivity contribution in [2.75, 3.05) is 5.32 Å². The Balaban J connectivity index is 2.21. The van der Waals surface area contributed by atoms with E-state index >= 15 is 0 Å². The first kappa shape index (κ1) is 14.8. The summed E-state index contributed by atoms with van der Waals surface area (Å²) in [5, 5.41) is 13.9. The molecule has 0 bridgehead atoms. The zero-order chi connectivity index (χ0) is 15.6. The monoisotopic (exact) mass is 292 g/mol. The number of para-hydroxylation sites is 1. The van der Waals surface area contributed by atoms with Gasteiger partial charge in [-0.15, -0.1) is 0 Å². The number of anilines is 1. The molecular weight excluding hydrogens is 276 g/mol. The molecule has 21 heavy (non-hydrogen) atoms. The van der Waals surface area contributed by atoms with E-state index in [-0.39, 0.29) is 17.9 Å². The summed E-state index contributed by atoms with van der Waals surface area (Å²) < 4.78 is 5.47. The highest BCUT2D eigenvalue weighted by atomic mass is 16.5. The maximum Gasteiger partial charge on any atom is 0.305 e. The summed E-state index contributed by atoms with van der Waals surface area (Å²) in [4.78, 5) is 34.4. The molecule has 7 nitrogen and oxygen atoms in total. The van der Waals surface area contributed by atoms with Gasteiger partial charge in [0.15, 0.2) is 11.9 Å². The summed E-state index contributed by atoms with van der Waals surface area (Å²) in [7, 11) is 0. The third-order valence-electron chi connectivity index (χ3n) is 3.04. The lowest BCUT2D eigenvalue weighted by atomic mass is 10.1. The van der Waals surface area contributed by atoms with Crippen molar-refractivity contribution in [2.45, 2.75) is 32.4 Å². The van der Waals surface area contributed by atoms with Gasteiger partial charge < -0.3 is 20.5 Å². The molecule has 3 N–H and O–H groups in total. The largest absolute Gasteiger partial charge is 0.481 e. The topological polar surface area (TPSA) is 105 Å². The van der Waals surface area contributed by atoms with Crippen LogP contribution in [0.25, 0.3) is 0 Å². The van der Waals surface area contributed by atoms with E-state index in [0.29, 0.717) is 11.4 Å².